The zero-order valence-electron chi connectivity index (χ0n) is 10.2. The molecule has 0 unspecified atom stereocenters. The first-order valence-corrected chi connectivity index (χ1v) is 6.24. The molecule has 0 aromatic carbocycles. The molecule has 98 valence electrons. The van der Waals surface area contributed by atoms with Crippen LogP contribution in [-0.4, -0.2) is 32.1 Å². The highest BCUT2D eigenvalue weighted by atomic mass is 16.5. The van der Waals surface area contributed by atoms with Crippen molar-refractivity contribution in [2.75, 3.05) is 0 Å². The van der Waals surface area contributed by atoms with E-state index in [0.717, 1.165) is 25.7 Å². The van der Waals surface area contributed by atoms with Crippen LogP contribution in [0.3, 0.4) is 0 Å². The van der Waals surface area contributed by atoms with Crippen LogP contribution >= 0.6 is 0 Å². The summed E-state index contributed by atoms with van der Waals surface area (Å²) in [6, 6.07) is 0.222. The van der Waals surface area contributed by atoms with Crippen molar-refractivity contribution in [1.29, 1.82) is 0 Å². The molecule has 2 aromatic rings. The molecule has 0 spiro atoms. The van der Waals surface area contributed by atoms with Crippen LogP contribution in [0.5, 0.6) is 0 Å². The van der Waals surface area contributed by atoms with Crippen LogP contribution in [0.1, 0.15) is 36.4 Å². The van der Waals surface area contributed by atoms with E-state index in [1.807, 2.05) is 0 Å². The van der Waals surface area contributed by atoms with Crippen LogP contribution in [0.2, 0.25) is 0 Å². The Bertz CT molecular complexity index is 563. The summed E-state index contributed by atoms with van der Waals surface area (Å²) >= 11 is 0. The largest absolute Gasteiger partial charge is 0.345 e. The zero-order valence-corrected chi connectivity index (χ0v) is 10.2. The van der Waals surface area contributed by atoms with Gasteiger partial charge in [0.05, 0.1) is 6.20 Å². The second-order valence-corrected chi connectivity index (χ2v) is 4.47. The molecule has 0 saturated heterocycles. The van der Waals surface area contributed by atoms with Gasteiger partial charge in [-0.2, -0.15) is 4.98 Å². The third-order valence-electron chi connectivity index (χ3n) is 3.10. The zero-order chi connectivity index (χ0) is 13.1. The van der Waals surface area contributed by atoms with E-state index < -0.39 is 0 Å². The average molecular weight is 259 g/mol. The quantitative estimate of drug-likeness (QED) is 0.890. The number of carbonyl (C=O) groups excluding carboxylic acids is 1. The topological polar surface area (TPSA) is 93.8 Å². The third-order valence-corrected chi connectivity index (χ3v) is 3.10. The number of nitrogens with one attached hydrogen (secondary N) is 1. The molecule has 1 fully saturated rings. The first-order chi connectivity index (χ1) is 9.33. The lowest BCUT2D eigenvalue weighted by molar-refractivity contribution is 0.0893. The number of amides is 1. The van der Waals surface area contributed by atoms with E-state index in [4.69, 9.17) is 4.52 Å². The second-order valence-electron chi connectivity index (χ2n) is 4.47. The smallest absolute Gasteiger partial charge is 0.316 e. The van der Waals surface area contributed by atoms with E-state index in [2.05, 4.69) is 25.4 Å². The molecule has 1 N–H and O–H groups in total. The van der Waals surface area contributed by atoms with E-state index in [9.17, 15) is 4.79 Å². The normalized spacial score (nSPS) is 15.6. The maximum Gasteiger partial charge on any atom is 0.316 e. The molecule has 0 bridgehead atoms. The summed E-state index contributed by atoms with van der Waals surface area (Å²) in [5.74, 6) is -0.0910. The van der Waals surface area contributed by atoms with Crippen molar-refractivity contribution < 1.29 is 9.32 Å². The molecular formula is C12H13N5O2. The molecule has 1 aliphatic rings. The van der Waals surface area contributed by atoms with Crippen molar-refractivity contribution in [3.8, 4) is 11.5 Å². The Balaban J connectivity index is 1.72. The van der Waals surface area contributed by atoms with Crippen LogP contribution in [0.25, 0.3) is 11.5 Å². The predicted octanol–water partition coefficient (Wildman–Crippen LogP) is 1.20. The highest BCUT2D eigenvalue weighted by molar-refractivity contribution is 5.90. The SMILES string of the molecule is O=C(NC1CCCC1)c1nc(-c2cnccn2)no1. The van der Waals surface area contributed by atoms with E-state index in [-0.39, 0.29) is 23.7 Å². The number of hydrogen-bond acceptors (Lipinski definition) is 6. The summed E-state index contributed by atoms with van der Waals surface area (Å²) < 4.78 is 4.95. The summed E-state index contributed by atoms with van der Waals surface area (Å²) in [5.41, 5.74) is 0.478. The molecular weight excluding hydrogens is 246 g/mol. The lowest BCUT2D eigenvalue weighted by Gasteiger charge is -2.08. The van der Waals surface area contributed by atoms with Crippen LogP contribution in [0, 0.1) is 0 Å². The standard InChI is InChI=1S/C12H13N5O2/c18-11(15-8-3-1-2-4-8)12-16-10(17-19-12)9-7-13-5-6-14-9/h5-8H,1-4H2,(H,15,18). The molecule has 0 radical (unpaired) electrons. The monoisotopic (exact) mass is 259 g/mol. The Morgan fingerprint density at radius 3 is 2.89 bits per heavy atom. The van der Waals surface area contributed by atoms with E-state index in [1.165, 1.54) is 12.4 Å². The van der Waals surface area contributed by atoms with Crippen molar-refractivity contribution in [3.63, 3.8) is 0 Å². The van der Waals surface area contributed by atoms with Gasteiger partial charge < -0.3 is 9.84 Å². The number of rotatable bonds is 3. The van der Waals surface area contributed by atoms with Gasteiger partial charge in [0.2, 0.25) is 5.82 Å². The summed E-state index contributed by atoms with van der Waals surface area (Å²) in [7, 11) is 0. The van der Waals surface area contributed by atoms with E-state index >= 15 is 0 Å². The molecule has 1 saturated carbocycles. The number of hydrogen-bond donors (Lipinski definition) is 1. The average Bonchev–Trinajstić information content (AvgIpc) is 3.10. The Kier molecular flexibility index (Phi) is 3.18. The molecule has 2 heterocycles. The number of nitrogens with zero attached hydrogens (tertiary/aromatic N) is 4. The highest BCUT2D eigenvalue weighted by Crippen LogP contribution is 2.18. The maximum atomic E-state index is 11.9. The van der Waals surface area contributed by atoms with E-state index in [1.54, 1.807) is 6.20 Å². The van der Waals surface area contributed by atoms with Gasteiger partial charge in [-0.15, -0.1) is 0 Å². The van der Waals surface area contributed by atoms with Gasteiger partial charge in [-0.25, -0.2) is 4.98 Å². The van der Waals surface area contributed by atoms with Crippen LogP contribution in [0.4, 0.5) is 0 Å². The summed E-state index contributed by atoms with van der Waals surface area (Å²) in [4.78, 5) is 23.9. The second kappa shape index (κ2) is 5.13. The van der Waals surface area contributed by atoms with Gasteiger partial charge in [0.1, 0.15) is 5.69 Å². The fourth-order valence-corrected chi connectivity index (χ4v) is 2.15. The molecule has 0 aliphatic heterocycles. The Labute approximate surface area is 109 Å². The van der Waals surface area contributed by atoms with Gasteiger partial charge in [-0.05, 0) is 12.8 Å². The Hall–Kier alpha value is -2.31. The summed E-state index contributed by atoms with van der Waals surface area (Å²) in [6.07, 6.45) is 8.93. The van der Waals surface area contributed by atoms with Crippen LogP contribution < -0.4 is 5.32 Å². The predicted molar refractivity (Wildman–Crippen MR) is 65.0 cm³/mol. The molecule has 2 aromatic heterocycles. The minimum Gasteiger partial charge on any atom is -0.345 e. The van der Waals surface area contributed by atoms with E-state index in [0.29, 0.717) is 5.69 Å². The lowest BCUT2D eigenvalue weighted by atomic mass is 10.2. The fourth-order valence-electron chi connectivity index (χ4n) is 2.15. The minimum absolute atomic E-state index is 0.0347. The van der Waals surface area contributed by atoms with Crippen LogP contribution in [0.15, 0.2) is 23.1 Å². The minimum atomic E-state index is -0.324. The molecule has 1 amide bonds. The maximum absolute atomic E-state index is 11.9. The van der Waals surface area contributed by atoms with Crippen molar-refractivity contribution in [3.05, 3.63) is 24.5 Å². The molecule has 19 heavy (non-hydrogen) atoms. The molecule has 7 nitrogen and oxygen atoms in total. The van der Waals surface area contributed by atoms with Gasteiger partial charge in [0, 0.05) is 18.4 Å². The molecule has 7 heteroatoms. The Morgan fingerprint density at radius 1 is 1.32 bits per heavy atom. The first-order valence-electron chi connectivity index (χ1n) is 6.24. The Morgan fingerprint density at radius 2 is 2.16 bits per heavy atom. The van der Waals surface area contributed by atoms with Gasteiger partial charge in [-0.1, -0.05) is 18.0 Å². The lowest BCUT2D eigenvalue weighted by Crippen LogP contribution is -2.32. The van der Waals surface area contributed by atoms with Crippen molar-refractivity contribution in [2.45, 2.75) is 31.7 Å². The fraction of sp³-hybridized carbons (Fsp3) is 0.417. The summed E-state index contributed by atoms with van der Waals surface area (Å²) in [5, 5.41) is 6.62. The first kappa shape index (κ1) is 11.8. The van der Waals surface area contributed by atoms with Gasteiger partial charge in [0.25, 0.3) is 0 Å². The highest BCUT2D eigenvalue weighted by Gasteiger charge is 2.22. The van der Waals surface area contributed by atoms with Crippen molar-refractivity contribution >= 4 is 5.91 Å². The third kappa shape index (κ3) is 2.59. The molecule has 0 atom stereocenters. The van der Waals surface area contributed by atoms with Gasteiger partial charge >= 0.3 is 11.8 Å². The number of carbonyl (C=O) groups is 1. The van der Waals surface area contributed by atoms with Gasteiger partial charge in [0.15, 0.2) is 0 Å². The summed E-state index contributed by atoms with van der Waals surface area (Å²) in [6.45, 7) is 0. The van der Waals surface area contributed by atoms with Crippen molar-refractivity contribution in [1.82, 2.24) is 25.4 Å². The van der Waals surface area contributed by atoms with Crippen molar-refractivity contribution in [2.24, 2.45) is 0 Å². The molecule has 1 aliphatic carbocycles. The molecule has 3 rings (SSSR count). The van der Waals surface area contributed by atoms with Crippen LogP contribution in [-0.2, 0) is 0 Å². The number of aromatic nitrogens is 4. The van der Waals surface area contributed by atoms with Gasteiger partial charge in [-0.3, -0.25) is 9.78 Å².